The molecule has 2 aliphatic heterocycles. The van der Waals surface area contributed by atoms with Gasteiger partial charge in [0.1, 0.15) is 0 Å². The SMILES string of the molecule is CN1c2ccccc2N(c2ccc(-c3ccc4c(c3)N(C)c3ccccc3C4(C)C)cc2)c2ccccc21. The van der Waals surface area contributed by atoms with E-state index >= 15 is 0 Å². The zero-order valence-corrected chi connectivity index (χ0v) is 22.3. The average molecular weight is 494 g/mol. The first-order valence-corrected chi connectivity index (χ1v) is 13.3. The van der Waals surface area contributed by atoms with E-state index in [2.05, 4.69) is 158 Å². The molecule has 0 atom stereocenters. The van der Waals surface area contributed by atoms with Gasteiger partial charge in [-0.3, -0.25) is 0 Å². The van der Waals surface area contributed by atoms with Crippen LogP contribution in [0.2, 0.25) is 0 Å². The van der Waals surface area contributed by atoms with Crippen LogP contribution in [0.3, 0.4) is 0 Å². The predicted octanol–water partition coefficient (Wildman–Crippen LogP) is 9.31. The Morgan fingerprint density at radius 1 is 0.447 bits per heavy atom. The van der Waals surface area contributed by atoms with Gasteiger partial charge in [0.2, 0.25) is 0 Å². The zero-order valence-electron chi connectivity index (χ0n) is 22.3. The van der Waals surface area contributed by atoms with Gasteiger partial charge in [0.15, 0.2) is 0 Å². The summed E-state index contributed by atoms with van der Waals surface area (Å²) in [6, 6.07) is 41.9. The van der Waals surface area contributed by atoms with Crippen LogP contribution < -0.4 is 14.7 Å². The normalized spacial score (nSPS) is 14.9. The van der Waals surface area contributed by atoms with E-state index in [0.29, 0.717) is 0 Å². The quantitative estimate of drug-likeness (QED) is 0.243. The summed E-state index contributed by atoms with van der Waals surface area (Å²) in [5, 5.41) is 0. The first-order chi connectivity index (χ1) is 18.4. The lowest BCUT2D eigenvalue weighted by Crippen LogP contribution is -2.30. The molecule has 0 radical (unpaired) electrons. The van der Waals surface area contributed by atoms with Crippen molar-refractivity contribution in [1.29, 1.82) is 0 Å². The van der Waals surface area contributed by atoms with Gasteiger partial charge in [-0.1, -0.05) is 80.6 Å². The van der Waals surface area contributed by atoms with Crippen LogP contribution in [0.15, 0.2) is 115 Å². The third-order valence-electron chi connectivity index (χ3n) is 8.40. The second-order valence-corrected chi connectivity index (χ2v) is 10.9. The Bertz CT molecular complexity index is 1630. The monoisotopic (exact) mass is 493 g/mol. The van der Waals surface area contributed by atoms with E-state index in [1.54, 1.807) is 0 Å². The Morgan fingerprint density at radius 2 is 0.921 bits per heavy atom. The Labute approximate surface area is 225 Å². The number of benzene rings is 5. The third kappa shape index (κ3) is 3.21. The van der Waals surface area contributed by atoms with E-state index < -0.39 is 0 Å². The lowest BCUT2D eigenvalue weighted by atomic mass is 9.73. The Hall–Kier alpha value is -4.50. The van der Waals surface area contributed by atoms with E-state index in [0.717, 1.165) is 5.69 Å². The summed E-state index contributed by atoms with van der Waals surface area (Å²) in [4.78, 5) is 6.99. The Balaban J connectivity index is 1.29. The summed E-state index contributed by atoms with van der Waals surface area (Å²) in [6.45, 7) is 4.66. The van der Waals surface area contributed by atoms with Crippen LogP contribution in [0.5, 0.6) is 0 Å². The predicted molar refractivity (Wildman–Crippen MR) is 161 cm³/mol. The van der Waals surface area contributed by atoms with Crippen molar-refractivity contribution in [1.82, 2.24) is 0 Å². The van der Waals surface area contributed by atoms with Gasteiger partial charge in [0.05, 0.1) is 22.7 Å². The van der Waals surface area contributed by atoms with Crippen LogP contribution in [0.25, 0.3) is 11.1 Å². The molecule has 3 nitrogen and oxygen atoms in total. The fraction of sp³-hybridized carbons (Fsp3) is 0.143. The van der Waals surface area contributed by atoms with E-state index in [1.807, 2.05) is 0 Å². The molecule has 5 aromatic carbocycles. The fourth-order valence-corrected chi connectivity index (χ4v) is 6.30. The maximum atomic E-state index is 2.37. The first kappa shape index (κ1) is 22.7. The molecule has 3 heteroatoms. The second-order valence-electron chi connectivity index (χ2n) is 10.9. The number of hydrogen-bond donors (Lipinski definition) is 0. The van der Waals surface area contributed by atoms with Crippen LogP contribution in [0.4, 0.5) is 39.8 Å². The number of anilines is 7. The molecule has 38 heavy (non-hydrogen) atoms. The molecule has 0 saturated carbocycles. The van der Waals surface area contributed by atoms with Gasteiger partial charge in [0, 0.05) is 36.6 Å². The molecule has 0 bridgehead atoms. The summed E-state index contributed by atoms with van der Waals surface area (Å²) in [7, 11) is 4.33. The maximum Gasteiger partial charge on any atom is 0.0699 e. The van der Waals surface area contributed by atoms with Gasteiger partial charge in [-0.25, -0.2) is 0 Å². The molecule has 7 rings (SSSR count). The molecule has 5 aromatic rings. The van der Waals surface area contributed by atoms with E-state index in [9.17, 15) is 0 Å². The van der Waals surface area contributed by atoms with Gasteiger partial charge in [-0.15, -0.1) is 0 Å². The van der Waals surface area contributed by atoms with Gasteiger partial charge in [0.25, 0.3) is 0 Å². The minimum Gasteiger partial charge on any atom is -0.344 e. The molecule has 2 aliphatic rings. The lowest BCUT2D eigenvalue weighted by molar-refractivity contribution is 0.629. The molecule has 0 unspecified atom stereocenters. The molecule has 0 aromatic heterocycles. The van der Waals surface area contributed by atoms with Crippen molar-refractivity contribution in [3.63, 3.8) is 0 Å². The zero-order chi connectivity index (χ0) is 26.0. The van der Waals surface area contributed by atoms with Crippen LogP contribution in [0, 0.1) is 0 Å². The van der Waals surface area contributed by atoms with Crippen molar-refractivity contribution >= 4 is 39.8 Å². The van der Waals surface area contributed by atoms with Crippen molar-refractivity contribution in [3.8, 4) is 11.1 Å². The van der Waals surface area contributed by atoms with Crippen LogP contribution in [0.1, 0.15) is 25.0 Å². The van der Waals surface area contributed by atoms with Gasteiger partial charge in [-0.05, 0) is 70.8 Å². The van der Waals surface area contributed by atoms with Gasteiger partial charge in [-0.2, -0.15) is 0 Å². The highest BCUT2D eigenvalue weighted by molar-refractivity contribution is 5.97. The largest absolute Gasteiger partial charge is 0.344 e. The minimum absolute atomic E-state index is 0.0387. The van der Waals surface area contributed by atoms with E-state index in [4.69, 9.17) is 0 Å². The molecule has 0 aliphatic carbocycles. The second kappa shape index (κ2) is 8.26. The van der Waals surface area contributed by atoms with Gasteiger partial charge < -0.3 is 14.7 Å². The highest BCUT2D eigenvalue weighted by Crippen LogP contribution is 2.51. The number of para-hydroxylation sites is 5. The van der Waals surface area contributed by atoms with Crippen molar-refractivity contribution < 1.29 is 0 Å². The van der Waals surface area contributed by atoms with Crippen molar-refractivity contribution in [2.45, 2.75) is 19.3 Å². The molecule has 0 amide bonds. The van der Waals surface area contributed by atoms with Crippen molar-refractivity contribution in [2.75, 3.05) is 28.8 Å². The molecule has 2 heterocycles. The number of rotatable bonds is 2. The molecule has 0 N–H and O–H groups in total. The standard InChI is InChI=1S/C35H31N3/c1-35(2)27-11-5-6-12-29(27)36(3)34-23-25(19-22-28(34)35)24-17-20-26(21-18-24)38-32-15-9-7-13-30(32)37(4)31-14-8-10-16-33(31)38/h5-23H,1-4H3. The number of hydrogen-bond acceptors (Lipinski definition) is 3. The lowest BCUT2D eigenvalue weighted by Gasteiger charge is -2.40. The van der Waals surface area contributed by atoms with Crippen molar-refractivity contribution in [2.24, 2.45) is 0 Å². The first-order valence-electron chi connectivity index (χ1n) is 13.3. The fourth-order valence-electron chi connectivity index (χ4n) is 6.30. The van der Waals surface area contributed by atoms with Crippen LogP contribution >= 0.6 is 0 Å². The van der Waals surface area contributed by atoms with Crippen molar-refractivity contribution in [3.05, 3.63) is 126 Å². The minimum atomic E-state index is -0.0387. The molecule has 0 fully saturated rings. The number of nitrogens with zero attached hydrogens (tertiary/aromatic N) is 3. The molecular weight excluding hydrogens is 462 g/mol. The highest BCUT2D eigenvalue weighted by atomic mass is 15.3. The Kier molecular flexibility index (Phi) is 4.93. The molecular formula is C35H31N3. The highest BCUT2D eigenvalue weighted by Gasteiger charge is 2.35. The smallest absolute Gasteiger partial charge is 0.0699 e. The molecule has 0 spiro atoms. The van der Waals surface area contributed by atoms with Crippen LogP contribution in [-0.4, -0.2) is 14.1 Å². The molecule has 186 valence electrons. The molecule has 0 saturated heterocycles. The average Bonchev–Trinajstić information content (AvgIpc) is 2.96. The Morgan fingerprint density at radius 3 is 1.55 bits per heavy atom. The third-order valence-corrected chi connectivity index (χ3v) is 8.40. The summed E-state index contributed by atoms with van der Waals surface area (Å²) in [6.07, 6.45) is 0. The van der Waals surface area contributed by atoms with E-state index in [-0.39, 0.29) is 5.41 Å². The summed E-state index contributed by atoms with van der Waals surface area (Å²) < 4.78 is 0. The van der Waals surface area contributed by atoms with E-state index in [1.165, 1.54) is 56.4 Å². The summed E-state index contributed by atoms with van der Waals surface area (Å²) >= 11 is 0. The topological polar surface area (TPSA) is 9.72 Å². The number of fused-ring (bicyclic) bond motifs is 4. The summed E-state index contributed by atoms with van der Waals surface area (Å²) in [5.41, 5.74) is 13.7. The maximum absolute atomic E-state index is 2.37. The van der Waals surface area contributed by atoms with Crippen LogP contribution in [-0.2, 0) is 5.41 Å². The van der Waals surface area contributed by atoms with Gasteiger partial charge >= 0.3 is 0 Å². The summed E-state index contributed by atoms with van der Waals surface area (Å²) in [5.74, 6) is 0.